The fraction of sp³-hybridized carbons (Fsp3) is 0.263. The molecule has 4 N–H and O–H groups in total. The minimum Gasteiger partial charge on any atom is -0.399 e. The minimum atomic E-state index is -4.66. The Bertz CT molecular complexity index is 949. The summed E-state index contributed by atoms with van der Waals surface area (Å²) in [6.07, 6.45) is -2.76. The number of rotatable bonds is 3. The van der Waals surface area contributed by atoms with E-state index in [0.29, 0.717) is 23.6 Å². The molecule has 0 radical (unpaired) electrons. The number of hydrogen-bond donors (Lipinski definition) is 2. The van der Waals surface area contributed by atoms with Crippen molar-refractivity contribution in [2.75, 3.05) is 11.6 Å². The van der Waals surface area contributed by atoms with Crippen molar-refractivity contribution in [3.05, 3.63) is 70.1 Å². The second-order valence-electron chi connectivity index (χ2n) is 6.68. The van der Waals surface area contributed by atoms with Crippen LogP contribution in [0.5, 0.6) is 0 Å². The Hall–Kier alpha value is -2.78. The number of alkyl halides is 3. The van der Waals surface area contributed by atoms with E-state index in [4.69, 9.17) is 23.2 Å². The fourth-order valence-electron chi connectivity index (χ4n) is 3.18. The van der Waals surface area contributed by atoms with E-state index in [-0.39, 0.29) is 18.2 Å². The summed E-state index contributed by atoms with van der Waals surface area (Å²) in [6.45, 7) is 1.76. The molecule has 0 saturated carbocycles. The zero-order valence-electron chi connectivity index (χ0n) is 15.4. The third-order valence-corrected chi connectivity index (χ3v) is 5.12. The summed E-state index contributed by atoms with van der Waals surface area (Å²) in [5, 5.41) is 0.727. The predicted molar refractivity (Wildman–Crippen MR) is 104 cm³/mol. The molecule has 0 aliphatic carbocycles. The minimum absolute atomic E-state index is 0.00242. The quantitative estimate of drug-likeness (QED) is 0.580. The molecule has 154 valence electrons. The van der Waals surface area contributed by atoms with Crippen LogP contribution >= 0.6 is 11.6 Å². The van der Waals surface area contributed by atoms with Crippen molar-refractivity contribution in [3.63, 3.8) is 0 Å². The van der Waals surface area contributed by atoms with Crippen LogP contribution in [0.15, 0.2) is 54.0 Å². The van der Waals surface area contributed by atoms with E-state index >= 15 is 0 Å². The van der Waals surface area contributed by atoms with E-state index in [1.54, 1.807) is 31.3 Å². The fourth-order valence-corrected chi connectivity index (χ4v) is 3.50. The number of carbonyl (C=O) groups excluding carboxylic acids is 1. The molecule has 29 heavy (non-hydrogen) atoms. The zero-order chi connectivity index (χ0) is 21.3. The summed E-state index contributed by atoms with van der Waals surface area (Å²) in [7, 11) is 0. The van der Waals surface area contributed by atoms with Crippen molar-refractivity contribution in [2.24, 2.45) is 11.6 Å². The van der Waals surface area contributed by atoms with Gasteiger partial charge in [-0.1, -0.05) is 23.7 Å². The smallest absolute Gasteiger partial charge is 0.399 e. The molecule has 0 spiro atoms. The van der Waals surface area contributed by atoms with Crippen molar-refractivity contribution in [3.8, 4) is 0 Å². The maximum atomic E-state index is 13.1. The zero-order valence-corrected chi connectivity index (χ0v) is 16.2. The highest BCUT2D eigenvalue weighted by Gasteiger charge is 2.37. The topological polar surface area (TPSA) is 88.5 Å². The van der Waals surface area contributed by atoms with E-state index in [9.17, 15) is 18.0 Å². The van der Waals surface area contributed by atoms with Gasteiger partial charge in [0.15, 0.2) is 0 Å². The molecular weight excluding hydrogens is 407 g/mol. The first-order valence-electron chi connectivity index (χ1n) is 8.71. The van der Waals surface area contributed by atoms with E-state index in [1.807, 2.05) is 0 Å². The summed E-state index contributed by atoms with van der Waals surface area (Å²) in [5.74, 6) is 5.99. The second kappa shape index (κ2) is 7.92. The average Bonchev–Trinajstić information content (AvgIpc) is 2.68. The Morgan fingerprint density at radius 1 is 1.28 bits per heavy atom. The van der Waals surface area contributed by atoms with Crippen LogP contribution in [-0.2, 0) is 6.18 Å². The molecule has 3 rings (SSSR count). The second-order valence-corrected chi connectivity index (χ2v) is 7.06. The van der Waals surface area contributed by atoms with Gasteiger partial charge in [-0.25, -0.2) is 10.8 Å². The Balaban J connectivity index is 1.89. The predicted octanol–water partition coefficient (Wildman–Crippen LogP) is 3.54. The van der Waals surface area contributed by atoms with E-state index < -0.39 is 22.7 Å². The van der Waals surface area contributed by atoms with Crippen LogP contribution in [0.1, 0.15) is 29.3 Å². The van der Waals surface area contributed by atoms with Gasteiger partial charge in [-0.3, -0.25) is 9.80 Å². The van der Waals surface area contributed by atoms with Gasteiger partial charge >= 0.3 is 6.18 Å². The molecule has 10 heteroatoms. The van der Waals surface area contributed by atoms with Gasteiger partial charge in [0.25, 0.3) is 5.91 Å². The first kappa shape index (κ1) is 20.9. The number of anilines is 1. The molecule has 1 atom stereocenters. The lowest BCUT2D eigenvalue weighted by molar-refractivity contribution is -0.137. The molecule has 2 heterocycles. The number of amides is 1. The van der Waals surface area contributed by atoms with Gasteiger partial charge in [-0.15, -0.1) is 0 Å². The van der Waals surface area contributed by atoms with E-state index in [0.717, 1.165) is 12.1 Å². The molecule has 0 unspecified atom stereocenters. The van der Waals surface area contributed by atoms with Crippen molar-refractivity contribution < 1.29 is 18.0 Å². The summed E-state index contributed by atoms with van der Waals surface area (Å²) in [5.41, 5.74) is 5.79. The third-order valence-electron chi connectivity index (χ3n) is 4.71. The van der Waals surface area contributed by atoms with Crippen LogP contribution in [0, 0.1) is 0 Å². The first-order valence-corrected chi connectivity index (χ1v) is 9.09. The maximum Gasteiger partial charge on any atom is 0.417 e. The molecule has 1 aliphatic rings. The van der Waals surface area contributed by atoms with Gasteiger partial charge in [0.2, 0.25) is 0 Å². The summed E-state index contributed by atoms with van der Waals surface area (Å²) >= 11 is 5.90. The highest BCUT2D eigenvalue weighted by molar-refractivity contribution is 6.34. The lowest BCUT2D eigenvalue weighted by Gasteiger charge is -2.37. The van der Waals surface area contributed by atoms with Crippen molar-refractivity contribution in [1.82, 2.24) is 9.88 Å². The standard InChI is InChI=1S/C19H19ClF3N5O/c1-11-9-15(28(25)16-7-2-3-8-26-16)14(24)10-27(11)18(29)12-5-4-6-13(17(12)20)19(21,22)23/h2-8,11H,9-10,24-25H2,1H3/t11-/m0/s1. The normalized spacial score (nSPS) is 17.4. The highest BCUT2D eigenvalue weighted by atomic mass is 35.5. The molecule has 1 amide bonds. The average molecular weight is 426 g/mol. The van der Waals surface area contributed by atoms with Gasteiger partial charge in [-0.2, -0.15) is 13.2 Å². The van der Waals surface area contributed by atoms with Gasteiger partial charge in [-0.05, 0) is 31.2 Å². The number of hydrazine groups is 1. The molecule has 1 aliphatic heterocycles. The number of aromatic nitrogens is 1. The monoisotopic (exact) mass is 425 g/mol. The molecule has 0 bridgehead atoms. The van der Waals surface area contributed by atoms with Crippen molar-refractivity contribution >= 4 is 23.3 Å². The van der Waals surface area contributed by atoms with Crippen LogP contribution in [0.25, 0.3) is 0 Å². The van der Waals surface area contributed by atoms with Crippen molar-refractivity contribution in [2.45, 2.75) is 25.6 Å². The number of nitrogens with two attached hydrogens (primary N) is 2. The number of halogens is 4. The maximum absolute atomic E-state index is 13.1. The van der Waals surface area contributed by atoms with Crippen LogP contribution in [0.3, 0.4) is 0 Å². The number of pyridine rings is 1. The largest absolute Gasteiger partial charge is 0.417 e. The van der Waals surface area contributed by atoms with Gasteiger partial charge in [0.05, 0.1) is 28.4 Å². The number of benzene rings is 1. The summed E-state index contributed by atoms with van der Waals surface area (Å²) in [6, 6.07) is 8.13. The number of carbonyl (C=O) groups is 1. The number of hydrogen-bond acceptors (Lipinski definition) is 5. The molecule has 1 aromatic heterocycles. The number of nitrogens with zero attached hydrogens (tertiary/aromatic N) is 3. The summed E-state index contributed by atoms with van der Waals surface area (Å²) in [4.78, 5) is 18.5. The van der Waals surface area contributed by atoms with Crippen LogP contribution in [0.2, 0.25) is 5.02 Å². The van der Waals surface area contributed by atoms with Crippen molar-refractivity contribution in [1.29, 1.82) is 0 Å². The van der Waals surface area contributed by atoms with Gasteiger partial charge in [0, 0.05) is 24.4 Å². The Labute approximate surface area is 170 Å². The molecule has 2 aromatic rings. The first-order chi connectivity index (χ1) is 13.6. The Kier molecular flexibility index (Phi) is 5.72. The Morgan fingerprint density at radius 3 is 2.62 bits per heavy atom. The lowest BCUT2D eigenvalue weighted by atomic mass is 10.0. The molecule has 0 saturated heterocycles. The lowest BCUT2D eigenvalue weighted by Crippen LogP contribution is -2.48. The molecule has 6 nitrogen and oxygen atoms in total. The summed E-state index contributed by atoms with van der Waals surface area (Å²) < 4.78 is 39.3. The SMILES string of the molecule is C[C@H]1CC(N(N)c2ccccn2)=C(N)CN1C(=O)c1cccc(C(F)(F)F)c1Cl. The van der Waals surface area contributed by atoms with Crippen LogP contribution < -0.4 is 16.6 Å². The van der Waals surface area contributed by atoms with Gasteiger partial charge in [0.1, 0.15) is 5.82 Å². The molecule has 1 aromatic carbocycles. The van der Waals surface area contributed by atoms with Crippen LogP contribution in [-0.4, -0.2) is 28.4 Å². The third kappa shape index (κ3) is 4.15. The van der Waals surface area contributed by atoms with Gasteiger partial charge < -0.3 is 10.6 Å². The highest BCUT2D eigenvalue weighted by Crippen LogP contribution is 2.37. The molecular formula is C19H19ClF3N5O. The molecule has 0 fully saturated rings. The van der Waals surface area contributed by atoms with E-state index in [1.165, 1.54) is 16.0 Å². The van der Waals surface area contributed by atoms with Crippen LogP contribution in [0.4, 0.5) is 19.0 Å². The Morgan fingerprint density at radius 2 is 2.00 bits per heavy atom. The van der Waals surface area contributed by atoms with E-state index in [2.05, 4.69) is 4.98 Å².